The highest BCUT2D eigenvalue weighted by atomic mass is 32.2. The number of rotatable bonds is 6. The van der Waals surface area contributed by atoms with Gasteiger partial charge in [0.05, 0.1) is 24.6 Å². The number of hydrogen-bond donors (Lipinski definition) is 4. The van der Waals surface area contributed by atoms with Gasteiger partial charge in [0.25, 0.3) is 5.91 Å². The predicted molar refractivity (Wildman–Crippen MR) is 111 cm³/mol. The van der Waals surface area contributed by atoms with Gasteiger partial charge in [-0.05, 0) is 35.9 Å². The molecule has 1 amide bonds. The number of anilines is 1. The van der Waals surface area contributed by atoms with Crippen molar-refractivity contribution in [2.45, 2.75) is 24.7 Å². The van der Waals surface area contributed by atoms with Gasteiger partial charge in [-0.15, -0.1) is 0 Å². The number of hydrazone groups is 1. The van der Waals surface area contributed by atoms with Crippen molar-refractivity contribution in [2.75, 3.05) is 19.5 Å². The normalized spacial score (nSPS) is 11.6. The number of hydrogen-bond acceptors (Lipinski definition) is 7. The van der Waals surface area contributed by atoms with E-state index in [0.717, 1.165) is 11.4 Å². The van der Waals surface area contributed by atoms with Crippen LogP contribution in [0.15, 0.2) is 46.5 Å². The van der Waals surface area contributed by atoms with E-state index in [0.29, 0.717) is 27.2 Å². The van der Waals surface area contributed by atoms with E-state index >= 15 is 0 Å². The summed E-state index contributed by atoms with van der Waals surface area (Å²) >= 11 is 1.19. The van der Waals surface area contributed by atoms with Crippen LogP contribution < -0.4 is 22.5 Å². The molecule has 150 valence electrons. The maximum atomic E-state index is 12.9. The number of carbonyl (C=O) groups is 1. The number of nitrogens with zero attached hydrogens (tertiary/aromatic N) is 3. The van der Waals surface area contributed by atoms with E-state index < -0.39 is 0 Å². The molecule has 0 aliphatic carbocycles. The topological polar surface area (TPSA) is 135 Å². The summed E-state index contributed by atoms with van der Waals surface area (Å²) in [5.74, 6) is 11.2. The minimum absolute atomic E-state index is 0.288. The minimum atomic E-state index is -0.288. The highest BCUT2D eigenvalue weighted by Crippen LogP contribution is 2.27. The van der Waals surface area contributed by atoms with Crippen molar-refractivity contribution in [3.8, 4) is 0 Å². The van der Waals surface area contributed by atoms with Crippen LogP contribution in [0.4, 0.5) is 11.4 Å². The first-order chi connectivity index (χ1) is 13.3. The first-order valence-corrected chi connectivity index (χ1v) is 9.38. The van der Waals surface area contributed by atoms with Gasteiger partial charge >= 0.3 is 0 Å². The standard InChI is InChI=1S/C18H25N7O2S/c1-11(2)15-7-5-13(10-21-15)22-17(26)14-9-12(24-27-4)6-8-16(14)28-18(23-19)25(3)20/h5-11,24H,19-20H2,1-4H3,(H,22,26)/p+1/b23-18+. The van der Waals surface area contributed by atoms with Crippen molar-refractivity contribution in [2.24, 2.45) is 16.8 Å². The number of quaternary nitrogens is 1. The Morgan fingerprint density at radius 2 is 2.11 bits per heavy atom. The largest absolute Gasteiger partial charge is 0.321 e. The number of nitrogens with two attached hydrogens (primary N) is 3. The second-order valence-electron chi connectivity index (χ2n) is 6.31. The van der Waals surface area contributed by atoms with Gasteiger partial charge in [0.2, 0.25) is 5.17 Å². The molecule has 0 spiro atoms. The fourth-order valence-electron chi connectivity index (χ4n) is 2.33. The fraction of sp³-hybridized carbons (Fsp3) is 0.278. The molecule has 0 unspecified atom stereocenters. The molecule has 0 fully saturated rings. The van der Waals surface area contributed by atoms with E-state index in [9.17, 15) is 4.79 Å². The van der Waals surface area contributed by atoms with Crippen LogP contribution in [0.5, 0.6) is 0 Å². The van der Waals surface area contributed by atoms with Crippen molar-refractivity contribution < 1.29 is 15.1 Å². The Labute approximate surface area is 168 Å². The third-order valence-electron chi connectivity index (χ3n) is 3.75. The molecular weight excluding hydrogens is 378 g/mol. The molecule has 7 N–H and O–H groups in total. The molecule has 2 aromatic rings. The number of pyridine rings is 1. The minimum Gasteiger partial charge on any atom is -0.321 e. The first kappa shape index (κ1) is 21.6. The van der Waals surface area contributed by atoms with E-state index in [4.69, 9.17) is 16.5 Å². The van der Waals surface area contributed by atoms with Crippen LogP contribution in [0.3, 0.4) is 0 Å². The van der Waals surface area contributed by atoms with Gasteiger partial charge in [0, 0.05) is 29.8 Å². The van der Waals surface area contributed by atoms with Crippen LogP contribution in [0.25, 0.3) is 0 Å². The maximum Gasteiger partial charge on any atom is 0.257 e. The lowest BCUT2D eigenvalue weighted by atomic mass is 10.1. The van der Waals surface area contributed by atoms with Crippen molar-refractivity contribution >= 4 is 34.2 Å². The predicted octanol–water partition coefficient (Wildman–Crippen LogP) is 1.34. The molecule has 28 heavy (non-hydrogen) atoms. The van der Waals surface area contributed by atoms with Gasteiger partial charge < -0.3 is 11.2 Å². The molecule has 2 rings (SSSR count). The van der Waals surface area contributed by atoms with E-state index in [1.807, 2.05) is 18.2 Å². The SMILES string of the molecule is CO[NH2+]c1ccc(S/C(=N/N)N(C)N)c(C(=O)Nc2ccc(C(C)C)nc2)c1. The van der Waals surface area contributed by atoms with Gasteiger partial charge in [-0.3, -0.25) is 14.8 Å². The summed E-state index contributed by atoms with van der Waals surface area (Å²) in [6, 6.07) is 9.07. The smallest absolute Gasteiger partial charge is 0.257 e. The van der Waals surface area contributed by atoms with E-state index in [1.165, 1.54) is 16.8 Å². The Bertz CT molecular complexity index is 838. The first-order valence-electron chi connectivity index (χ1n) is 8.57. The molecular formula is C18H26N7O2S+. The summed E-state index contributed by atoms with van der Waals surface area (Å²) in [7, 11) is 3.17. The molecule has 0 saturated heterocycles. The van der Waals surface area contributed by atoms with Gasteiger partial charge in [0.1, 0.15) is 0 Å². The summed E-state index contributed by atoms with van der Waals surface area (Å²) < 4.78 is 0. The zero-order chi connectivity index (χ0) is 20.7. The third-order valence-corrected chi connectivity index (χ3v) is 4.90. The molecule has 0 aliphatic heterocycles. The highest BCUT2D eigenvalue weighted by molar-refractivity contribution is 8.13. The second kappa shape index (κ2) is 10.0. The number of thioether (sulfide) groups is 1. The third kappa shape index (κ3) is 5.67. The van der Waals surface area contributed by atoms with Crippen LogP contribution in [0, 0.1) is 0 Å². The average molecular weight is 405 g/mol. The van der Waals surface area contributed by atoms with Crippen LogP contribution in [-0.4, -0.2) is 35.2 Å². The molecule has 0 radical (unpaired) electrons. The number of nitrogens with one attached hydrogen (secondary N) is 1. The van der Waals surface area contributed by atoms with Crippen LogP contribution in [0.1, 0.15) is 35.8 Å². The summed E-state index contributed by atoms with van der Waals surface area (Å²) in [4.78, 5) is 23.0. The lowest BCUT2D eigenvalue weighted by molar-refractivity contribution is -0.830. The summed E-state index contributed by atoms with van der Waals surface area (Å²) in [6.07, 6.45) is 1.64. The zero-order valence-corrected chi connectivity index (χ0v) is 17.2. The van der Waals surface area contributed by atoms with Gasteiger partial charge in [0.15, 0.2) is 5.69 Å². The number of amides is 1. The van der Waals surface area contributed by atoms with E-state index in [1.54, 1.807) is 38.0 Å². The number of benzene rings is 1. The van der Waals surface area contributed by atoms with Gasteiger partial charge in [-0.2, -0.15) is 10.6 Å². The van der Waals surface area contributed by atoms with Crippen LogP contribution >= 0.6 is 11.8 Å². The molecule has 9 nitrogen and oxygen atoms in total. The van der Waals surface area contributed by atoms with E-state index in [-0.39, 0.29) is 5.91 Å². The molecule has 1 aromatic carbocycles. The van der Waals surface area contributed by atoms with Gasteiger partial charge in [-0.25, -0.2) is 10.7 Å². The number of carbonyl (C=O) groups excluding carboxylic acids is 1. The average Bonchev–Trinajstić information content (AvgIpc) is 2.67. The molecule has 10 heteroatoms. The molecule has 0 saturated carbocycles. The summed E-state index contributed by atoms with van der Waals surface area (Å²) in [5, 5.41) is 8.18. The second-order valence-corrected chi connectivity index (χ2v) is 7.32. The number of hydrazine groups is 1. The monoisotopic (exact) mass is 404 g/mol. The Morgan fingerprint density at radius 3 is 2.64 bits per heavy atom. The van der Waals surface area contributed by atoms with E-state index in [2.05, 4.69) is 29.2 Å². The van der Waals surface area contributed by atoms with Crippen LogP contribution in [0.2, 0.25) is 0 Å². The Morgan fingerprint density at radius 1 is 1.36 bits per heavy atom. The summed E-state index contributed by atoms with van der Waals surface area (Å²) in [5.41, 5.74) is 4.30. The Kier molecular flexibility index (Phi) is 7.76. The van der Waals surface area contributed by atoms with Crippen molar-refractivity contribution in [1.82, 2.24) is 9.99 Å². The molecule has 0 bridgehead atoms. The quantitative estimate of drug-likeness (QED) is 0.142. The molecule has 1 heterocycles. The lowest BCUT2D eigenvalue weighted by Crippen LogP contribution is -2.75. The summed E-state index contributed by atoms with van der Waals surface area (Å²) in [6.45, 7) is 4.12. The zero-order valence-electron chi connectivity index (χ0n) is 16.3. The fourth-order valence-corrected chi connectivity index (χ4v) is 3.12. The molecule has 1 aromatic heterocycles. The highest BCUT2D eigenvalue weighted by Gasteiger charge is 2.18. The molecule has 0 aliphatic rings. The van der Waals surface area contributed by atoms with Crippen molar-refractivity contribution in [1.29, 1.82) is 0 Å². The Balaban J connectivity index is 2.31. The molecule has 0 atom stereocenters. The Hall–Kier alpha value is -2.66. The van der Waals surface area contributed by atoms with Crippen LogP contribution in [-0.2, 0) is 4.84 Å². The van der Waals surface area contributed by atoms with Crippen molar-refractivity contribution in [3.05, 3.63) is 47.8 Å². The number of aromatic nitrogens is 1. The number of amidine groups is 1. The lowest BCUT2D eigenvalue weighted by Gasteiger charge is -2.15. The van der Waals surface area contributed by atoms with Crippen molar-refractivity contribution in [3.63, 3.8) is 0 Å². The maximum absolute atomic E-state index is 12.9. The van der Waals surface area contributed by atoms with Gasteiger partial charge in [-0.1, -0.05) is 13.8 Å².